The van der Waals surface area contributed by atoms with Gasteiger partial charge in [-0.3, -0.25) is 9.78 Å². The number of ether oxygens (including phenoxy) is 2. The number of amides is 1. The zero-order valence-electron chi connectivity index (χ0n) is 23.2. The molecule has 1 atom stereocenters. The number of aryl methyl sites for hydroxylation is 1. The van der Waals surface area contributed by atoms with E-state index in [0.29, 0.717) is 23.3 Å². The van der Waals surface area contributed by atoms with Crippen molar-refractivity contribution in [3.8, 4) is 11.5 Å². The quantitative estimate of drug-likeness (QED) is 0.244. The van der Waals surface area contributed by atoms with E-state index in [2.05, 4.69) is 9.71 Å². The summed E-state index contributed by atoms with van der Waals surface area (Å²) < 4.78 is 40.3. The van der Waals surface area contributed by atoms with Crippen LogP contribution < -0.4 is 14.2 Å². The molecule has 1 saturated carbocycles. The second-order valence-corrected chi connectivity index (χ2v) is 12.0. The summed E-state index contributed by atoms with van der Waals surface area (Å²) in [6, 6.07) is 23.5. The van der Waals surface area contributed by atoms with E-state index in [0.717, 1.165) is 48.1 Å². The first kappa shape index (κ1) is 28.4. The lowest BCUT2D eigenvalue weighted by molar-refractivity contribution is 0.0981. The smallest absolute Gasteiger partial charge is 0.265 e. The number of methoxy groups -OCH3 is 1. The molecule has 0 aliphatic heterocycles. The van der Waals surface area contributed by atoms with Gasteiger partial charge in [0.25, 0.3) is 15.9 Å². The standard InChI is InChI=1S/C33H34N2O5S/c1-23-7-3-6-10-29(23)33(36)35-41(37,38)28-14-11-25(12-15-28)30(21-24-17-19-34-20-18-24)26-13-16-31(39-2)32(22-26)40-27-8-4-5-9-27/h3,6-7,10-20,22,27,30H,4-5,8-9,21H2,1-2H3,(H,35,36). The Morgan fingerprint density at radius 2 is 1.61 bits per heavy atom. The monoisotopic (exact) mass is 570 g/mol. The largest absolute Gasteiger partial charge is 0.493 e. The minimum absolute atomic E-state index is 0.0193. The van der Waals surface area contributed by atoms with E-state index in [4.69, 9.17) is 9.47 Å². The van der Waals surface area contributed by atoms with Crippen LogP contribution in [0.1, 0.15) is 64.2 Å². The molecule has 1 fully saturated rings. The topological polar surface area (TPSA) is 94.6 Å². The van der Waals surface area contributed by atoms with Gasteiger partial charge >= 0.3 is 0 Å². The Bertz CT molecular complexity index is 1600. The molecular formula is C33H34N2O5S. The van der Waals surface area contributed by atoms with Crippen LogP contribution in [0.4, 0.5) is 0 Å². The Morgan fingerprint density at radius 1 is 0.927 bits per heavy atom. The summed E-state index contributed by atoms with van der Waals surface area (Å²) in [6.07, 6.45) is 8.78. The van der Waals surface area contributed by atoms with Crippen molar-refractivity contribution in [1.82, 2.24) is 9.71 Å². The van der Waals surface area contributed by atoms with Gasteiger partial charge in [-0.2, -0.15) is 0 Å². The molecule has 212 valence electrons. The molecule has 0 bridgehead atoms. The van der Waals surface area contributed by atoms with Crippen LogP contribution in [-0.2, 0) is 16.4 Å². The number of benzene rings is 3. The molecule has 4 aromatic rings. The molecule has 7 nitrogen and oxygen atoms in total. The van der Waals surface area contributed by atoms with E-state index in [1.807, 2.05) is 30.3 Å². The van der Waals surface area contributed by atoms with Gasteiger partial charge < -0.3 is 9.47 Å². The summed E-state index contributed by atoms with van der Waals surface area (Å²) in [6.45, 7) is 1.77. The molecule has 0 radical (unpaired) electrons. The summed E-state index contributed by atoms with van der Waals surface area (Å²) in [5.74, 6) is 0.659. The van der Waals surface area contributed by atoms with Crippen LogP contribution in [-0.4, -0.2) is 32.5 Å². The van der Waals surface area contributed by atoms with E-state index in [-0.39, 0.29) is 16.9 Å². The molecule has 41 heavy (non-hydrogen) atoms. The van der Waals surface area contributed by atoms with E-state index in [1.165, 1.54) is 0 Å². The van der Waals surface area contributed by atoms with Crippen LogP contribution >= 0.6 is 0 Å². The maximum absolute atomic E-state index is 13.1. The van der Waals surface area contributed by atoms with Gasteiger partial charge in [-0.05, 0) is 104 Å². The van der Waals surface area contributed by atoms with Crippen molar-refractivity contribution < 1.29 is 22.7 Å². The number of hydrogen-bond donors (Lipinski definition) is 1. The van der Waals surface area contributed by atoms with E-state index >= 15 is 0 Å². The average Bonchev–Trinajstić information content (AvgIpc) is 3.50. The maximum atomic E-state index is 13.1. The Balaban J connectivity index is 1.44. The highest BCUT2D eigenvalue weighted by atomic mass is 32.2. The molecule has 0 saturated heterocycles. The van der Waals surface area contributed by atoms with Gasteiger partial charge in [0.1, 0.15) is 0 Å². The van der Waals surface area contributed by atoms with Gasteiger partial charge in [0.15, 0.2) is 11.5 Å². The highest BCUT2D eigenvalue weighted by Gasteiger charge is 2.23. The third-order valence-corrected chi connectivity index (χ3v) is 8.93. The highest BCUT2D eigenvalue weighted by molar-refractivity contribution is 7.90. The first-order valence-electron chi connectivity index (χ1n) is 13.8. The Kier molecular flexibility index (Phi) is 8.69. The molecule has 1 unspecified atom stereocenters. The van der Waals surface area contributed by atoms with Crippen LogP contribution in [0.15, 0.2) is 96.2 Å². The molecule has 1 aliphatic rings. The number of nitrogens with zero attached hydrogens (tertiary/aromatic N) is 1. The minimum Gasteiger partial charge on any atom is -0.493 e. The van der Waals surface area contributed by atoms with Gasteiger partial charge in [0, 0.05) is 23.9 Å². The normalized spacial score (nSPS) is 14.4. The lowest BCUT2D eigenvalue weighted by Crippen LogP contribution is -2.31. The Morgan fingerprint density at radius 3 is 2.29 bits per heavy atom. The van der Waals surface area contributed by atoms with E-state index in [9.17, 15) is 13.2 Å². The van der Waals surface area contributed by atoms with Crippen LogP contribution in [0.5, 0.6) is 11.5 Å². The zero-order chi connectivity index (χ0) is 28.8. The number of aromatic nitrogens is 1. The molecule has 0 spiro atoms. The molecule has 1 heterocycles. The van der Waals surface area contributed by atoms with Crippen molar-refractivity contribution in [2.75, 3.05) is 7.11 Å². The first-order valence-corrected chi connectivity index (χ1v) is 15.3. The number of nitrogens with one attached hydrogen (secondary N) is 1. The second kappa shape index (κ2) is 12.6. The minimum atomic E-state index is -4.06. The summed E-state index contributed by atoms with van der Waals surface area (Å²) in [5, 5.41) is 0. The number of hydrogen-bond acceptors (Lipinski definition) is 6. The lowest BCUT2D eigenvalue weighted by Gasteiger charge is -2.22. The van der Waals surface area contributed by atoms with Crippen molar-refractivity contribution in [2.45, 2.75) is 55.9 Å². The van der Waals surface area contributed by atoms with E-state index < -0.39 is 15.9 Å². The summed E-state index contributed by atoms with van der Waals surface area (Å²) in [4.78, 5) is 16.9. The average molecular weight is 571 g/mol. The molecule has 3 aromatic carbocycles. The SMILES string of the molecule is COc1ccc(C(Cc2ccncc2)c2ccc(S(=O)(=O)NC(=O)c3ccccc3C)cc2)cc1OC1CCCC1. The van der Waals surface area contributed by atoms with Crippen molar-refractivity contribution in [3.63, 3.8) is 0 Å². The molecule has 5 rings (SSSR count). The Hall–Kier alpha value is -4.17. The van der Waals surface area contributed by atoms with E-state index in [1.54, 1.807) is 75.0 Å². The van der Waals surface area contributed by atoms with Crippen molar-refractivity contribution >= 4 is 15.9 Å². The summed E-state index contributed by atoms with van der Waals surface area (Å²) in [5.41, 5.74) is 4.08. The predicted molar refractivity (Wildman–Crippen MR) is 158 cm³/mol. The van der Waals surface area contributed by atoms with Gasteiger partial charge in [0.2, 0.25) is 0 Å². The van der Waals surface area contributed by atoms with Crippen molar-refractivity contribution in [3.05, 3.63) is 119 Å². The molecule has 1 amide bonds. The zero-order valence-corrected chi connectivity index (χ0v) is 24.1. The fourth-order valence-electron chi connectivity index (χ4n) is 5.31. The lowest BCUT2D eigenvalue weighted by atomic mass is 9.86. The van der Waals surface area contributed by atoms with Crippen molar-refractivity contribution in [1.29, 1.82) is 0 Å². The van der Waals surface area contributed by atoms with Gasteiger partial charge in [-0.1, -0.05) is 36.4 Å². The molecule has 8 heteroatoms. The fourth-order valence-corrected chi connectivity index (χ4v) is 6.28. The fraction of sp³-hybridized carbons (Fsp3) is 0.273. The van der Waals surface area contributed by atoms with Gasteiger partial charge in [-0.15, -0.1) is 0 Å². The Labute approximate surface area is 241 Å². The van der Waals surface area contributed by atoms with Gasteiger partial charge in [-0.25, -0.2) is 13.1 Å². The third kappa shape index (κ3) is 6.77. The highest BCUT2D eigenvalue weighted by Crippen LogP contribution is 2.37. The molecule has 1 aromatic heterocycles. The van der Waals surface area contributed by atoms with Gasteiger partial charge in [0.05, 0.1) is 18.1 Å². The first-order chi connectivity index (χ1) is 19.8. The third-order valence-electron chi connectivity index (χ3n) is 7.58. The summed E-state index contributed by atoms with van der Waals surface area (Å²) >= 11 is 0. The van der Waals surface area contributed by atoms with Crippen LogP contribution in [0, 0.1) is 6.92 Å². The molecule has 1 N–H and O–H groups in total. The molecule has 1 aliphatic carbocycles. The summed E-state index contributed by atoms with van der Waals surface area (Å²) in [7, 11) is -2.42. The number of carbonyl (C=O) groups is 1. The number of rotatable bonds is 10. The molecular weight excluding hydrogens is 536 g/mol. The van der Waals surface area contributed by atoms with Crippen LogP contribution in [0.25, 0.3) is 0 Å². The number of pyridine rings is 1. The van der Waals surface area contributed by atoms with Crippen molar-refractivity contribution in [2.24, 2.45) is 0 Å². The van der Waals surface area contributed by atoms with Crippen LogP contribution in [0.2, 0.25) is 0 Å². The maximum Gasteiger partial charge on any atom is 0.265 e. The number of carbonyl (C=O) groups excluding carboxylic acids is 1. The van der Waals surface area contributed by atoms with Crippen LogP contribution in [0.3, 0.4) is 0 Å². The predicted octanol–water partition coefficient (Wildman–Crippen LogP) is 6.21. The second-order valence-electron chi connectivity index (χ2n) is 10.4. The number of sulfonamides is 1.